The Balaban J connectivity index is 2.18. The third-order valence-corrected chi connectivity index (χ3v) is 4.85. The Morgan fingerprint density at radius 1 is 1.08 bits per heavy atom. The molecule has 25 heavy (non-hydrogen) atoms. The van der Waals surface area contributed by atoms with Crippen molar-refractivity contribution >= 4 is 32.7 Å². The lowest BCUT2D eigenvalue weighted by molar-refractivity contribution is 0.0955. The number of benzene rings is 2. The van der Waals surface area contributed by atoms with Crippen LogP contribution >= 0.6 is 15.9 Å². The van der Waals surface area contributed by atoms with Gasteiger partial charge in [0, 0.05) is 22.0 Å². The number of rotatable bonds is 4. The topological polar surface area (TPSA) is 42.0 Å². The van der Waals surface area contributed by atoms with E-state index in [1.807, 2.05) is 31.2 Å². The van der Waals surface area contributed by atoms with Crippen LogP contribution in [0.4, 0.5) is 0 Å². The van der Waals surface area contributed by atoms with Crippen molar-refractivity contribution in [1.82, 2.24) is 10.3 Å². The summed E-state index contributed by atoms with van der Waals surface area (Å²) in [4.78, 5) is 17.5. The number of hydrogen-bond donors (Lipinski definition) is 1. The molecular weight excluding hydrogens is 376 g/mol. The van der Waals surface area contributed by atoms with Gasteiger partial charge in [-0.15, -0.1) is 0 Å². The van der Waals surface area contributed by atoms with Crippen molar-refractivity contribution in [1.29, 1.82) is 0 Å². The van der Waals surface area contributed by atoms with Crippen LogP contribution in [0, 0.1) is 13.8 Å². The van der Waals surface area contributed by atoms with E-state index < -0.39 is 0 Å². The molecule has 0 radical (unpaired) electrons. The Bertz CT molecular complexity index is 950. The van der Waals surface area contributed by atoms with Crippen molar-refractivity contribution in [2.45, 2.75) is 27.2 Å². The van der Waals surface area contributed by atoms with Crippen LogP contribution in [0.25, 0.3) is 22.2 Å². The first-order valence-corrected chi connectivity index (χ1v) is 9.25. The number of fused-ring (bicyclic) bond motifs is 1. The SMILES string of the molecule is CCCNC(=O)c1cc(-c2ccc(C)c(C)c2)nc2ccc(Br)cc12. The maximum absolute atomic E-state index is 12.7. The normalized spacial score (nSPS) is 10.9. The smallest absolute Gasteiger partial charge is 0.252 e. The summed E-state index contributed by atoms with van der Waals surface area (Å²) in [7, 11) is 0. The molecule has 1 N–H and O–H groups in total. The molecule has 0 aliphatic heterocycles. The zero-order valence-electron chi connectivity index (χ0n) is 14.7. The maximum Gasteiger partial charge on any atom is 0.252 e. The van der Waals surface area contributed by atoms with Crippen LogP contribution in [0.5, 0.6) is 0 Å². The van der Waals surface area contributed by atoms with Crippen molar-refractivity contribution in [2.24, 2.45) is 0 Å². The number of nitrogens with zero attached hydrogens (tertiary/aromatic N) is 1. The van der Waals surface area contributed by atoms with E-state index in [2.05, 4.69) is 53.3 Å². The highest BCUT2D eigenvalue weighted by Gasteiger charge is 2.14. The fraction of sp³-hybridized carbons (Fsp3) is 0.238. The minimum absolute atomic E-state index is 0.0579. The molecule has 0 saturated heterocycles. The lowest BCUT2D eigenvalue weighted by atomic mass is 10.0. The van der Waals surface area contributed by atoms with E-state index in [1.54, 1.807) is 0 Å². The standard InChI is InChI=1S/C21H21BrN2O/c1-4-9-23-21(25)18-12-20(15-6-5-13(2)14(3)10-15)24-19-8-7-16(22)11-17(18)19/h5-8,10-12H,4,9H2,1-3H3,(H,23,25). The second-order valence-corrected chi connectivity index (χ2v) is 7.19. The van der Waals surface area contributed by atoms with Crippen LogP contribution in [0.2, 0.25) is 0 Å². The van der Waals surface area contributed by atoms with Crippen molar-refractivity contribution in [3.63, 3.8) is 0 Å². The largest absolute Gasteiger partial charge is 0.352 e. The Morgan fingerprint density at radius 2 is 1.88 bits per heavy atom. The zero-order valence-corrected chi connectivity index (χ0v) is 16.3. The molecule has 0 bridgehead atoms. The van der Waals surface area contributed by atoms with E-state index in [4.69, 9.17) is 4.98 Å². The van der Waals surface area contributed by atoms with Crippen molar-refractivity contribution < 1.29 is 4.79 Å². The molecule has 3 aromatic rings. The molecule has 1 aromatic heterocycles. The molecule has 2 aromatic carbocycles. The molecule has 0 unspecified atom stereocenters. The van der Waals surface area contributed by atoms with Gasteiger partial charge in [0.1, 0.15) is 0 Å². The summed E-state index contributed by atoms with van der Waals surface area (Å²) < 4.78 is 0.935. The quantitative estimate of drug-likeness (QED) is 0.639. The van der Waals surface area contributed by atoms with E-state index in [1.165, 1.54) is 11.1 Å². The molecule has 1 heterocycles. The predicted octanol–water partition coefficient (Wildman–Crippen LogP) is 5.42. The number of hydrogen-bond acceptors (Lipinski definition) is 2. The monoisotopic (exact) mass is 396 g/mol. The van der Waals surface area contributed by atoms with Crippen LogP contribution in [0.1, 0.15) is 34.8 Å². The summed E-state index contributed by atoms with van der Waals surface area (Å²) in [6, 6.07) is 14.0. The van der Waals surface area contributed by atoms with Crippen LogP contribution < -0.4 is 5.32 Å². The molecule has 0 spiro atoms. The van der Waals surface area contributed by atoms with Gasteiger partial charge in [-0.2, -0.15) is 0 Å². The van der Waals surface area contributed by atoms with Gasteiger partial charge in [-0.3, -0.25) is 4.79 Å². The third kappa shape index (κ3) is 3.74. The first kappa shape index (κ1) is 17.6. The number of pyridine rings is 1. The number of carbonyl (C=O) groups is 1. The number of aryl methyl sites for hydroxylation is 2. The number of halogens is 1. The first-order valence-electron chi connectivity index (χ1n) is 8.45. The summed E-state index contributed by atoms with van der Waals surface area (Å²) in [5.41, 5.74) is 5.78. The minimum Gasteiger partial charge on any atom is -0.352 e. The Morgan fingerprint density at radius 3 is 2.60 bits per heavy atom. The molecule has 0 aliphatic rings. The number of amides is 1. The van der Waals surface area contributed by atoms with Crippen LogP contribution in [-0.4, -0.2) is 17.4 Å². The van der Waals surface area contributed by atoms with Gasteiger partial charge >= 0.3 is 0 Å². The Labute approximate surface area is 156 Å². The second kappa shape index (κ2) is 7.36. The first-order chi connectivity index (χ1) is 12.0. The molecule has 0 saturated carbocycles. The van der Waals surface area contributed by atoms with Crippen LogP contribution in [0.15, 0.2) is 46.9 Å². The highest BCUT2D eigenvalue weighted by atomic mass is 79.9. The van der Waals surface area contributed by atoms with E-state index >= 15 is 0 Å². The molecular formula is C21H21BrN2O. The van der Waals surface area contributed by atoms with Crippen molar-refractivity contribution in [2.75, 3.05) is 6.54 Å². The maximum atomic E-state index is 12.7. The van der Waals surface area contributed by atoms with E-state index in [-0.39, 0.29) is 5.91 Å². The highest BCUT2D eigenvalue weighted by molar-refractivity contribution is 9.10. The molecule has 1 amide bonds. The van der Waals surface area contributed by atoms with E-state index in [0.717, 1.165) is 33.1 Å². The van der Waals surface area contributed by atoms with Gasteiger partial charge in [0.25, 0.3) is 5.91 Å². The van der Waals surface area contributed by atoms with Crippen molar-refractivity contribution in [3.05, 3.63) is 63.6 Å². The predicted molar refractivity (Wildman–Crippen MR) is 107 cm³/mol. The average molecular weight is 397 g/mol. The molecule has 0 atom stereocenters. The summed E-state index contributed by atoms with van der Waals surface area (Å²) >= 11 is 3.49. The summed E-state index contributed by atoms with van der Waals surface area (Å²) in [6.45, 7) is 6.89. The summed E-state index contributed by atoms with van der Waals surface area (Å²) in [5.74, 6) is -0.0579. The van der Waals surface area contributed by atoms with Gasteiger partial charge in [-0.1, -0.05) is 35.0 Å². The van der Waals surface area contributed by atoms with Gasteiger partial charge in [0.15, 0.2) is 0 Å². The van der Waals surface area contributed by atoms with Gasteiger partial charge < -0.3 is 5.32 Å². The number of carbonyl (C=O) groups excluding carboxylic acids is 1. The highest BCUT2D eigenvalue weighted by Crippen LogP contribution is 2.28. The fourth-order valence-electron chi connectivity index (χ4n) is 2.77. The summed E-state index contributed by atoms with van der Waals surface area (Å²) in [5, 5.41) is 3.83. The average Bonchev–Trinajstić information content (AvgIpc) is 2.61. The Kier molecular flexibility index (Phi) is 5.19. The second-order valence-electron chi connectivity index (χ2n) is 6.27. The van der Waals surface area contributed by atoms with Crippen molar-refractivity contribution in [3.8, 4) is 11.3 Å². The van der Waals surface area contributed by atoms with E-state index in [9.17, 15) is 4.79 Å². The van der Waals surface area contributed by atoms with Gasteiger partial charge in [0.2, 0.25) is 0 Å². The number of aromatic nitrogens is 1. The molecule has 0 fully saturated rings. The van der Waals surface area contributed by atoms with Crippen LogP contribution in [-0.2, 0) is 0 Å². The lowest BCUT2D eigenvalue weighted by Gasteiger charge is -2.11. The molecule has 0 aliphatic carbocycles. The summed E-state index contributed by atoms with van der Waals surface area (Å²) in [6.07, 6.45) is 0.905. The van der Waals surface area contributed by atoms with Crippen LogP contribution in [0.3, 0.4) is 0 Å². The molecule has 3 nitrogen and oxygen atoms in total. The minimum atomic E-state index is -0.0579. The molecule has 4 heteroatoms. The van der Waals surface area contributed by atoms with Gasteiger partial charge in [-0.25, -0.2) is 4.98 Å². The van der Waals surface area contributed by atoms with Gasteiger partial charge in [0.05, 0.1) is 16.8 Å². The lowest BCUT2D eigenvalue weighted by Crippen LogP contribution is -2.24. The Hall–Kier alpha value is -2.20. The number of nitrogens with one attached hydrogen (secondary N) is 1. The van der Waals surface area contributed by atoms with Gasteiger partial charge in [-0.05, 0) is 61.7 Å². The third-order valence-electron chi connectivity index (χ3n) is 4.35. The fourth-order valence-corrected chi connectivity index (χ4v) is 3.13. The molecule has 128 valence electrons. The molecule has 3 rings (SSSR count). The van der Waals surface area contributed by atoms with E-state index in [0.29, 0.717) is 12.1 Å². The zero-order chi connectivity index (χ0) is 18.0.